The van der Waals surface area contributed by atoms with Gasteiger partial charge in [-0.15, -0.1) is 0 Å². The fourth-order valence-corrected chi connectivity index (χ4v) is 2.29. The van der Waals surface area contributed by atoms with Crippen LogP contribution in [0, 0.1) is 0 Å². The van der Waals surface area contributed by atoms with Gasteiger partial charge in [-0.3, -0.25) is 0 Å². The quantitative estimate of drug-likeness (QED) is 0.600. The Labute approximate surface area is 117 Å². The van der Waals surface area contributed by atoms with Gasteiger partial charge < -0.3 is 10.4 Å². The molecule has 2 aromatic carbocycles. The summed E-state index contributed by atoms with van der Waals surface area (Å²) in [6, 6.07) is 11.6. The zero-order chi connectivity index (χ0) is 13.8. The minimum absolute atomic E-state index is 0.0258. The van der Waals surface area contributed by atoms with Crippen molar-refractivity contribution in [1.29, 1.82) is 0 Å². The smallest absolute Gasteiger partial charge is 0.144 e. The number of benzene rings is 2. The van der Waals surface area contributed by atoms with Crippen LogP contribution in [0.3, 0.4) is 0 Å². The first kappa shape index (κ1) is 13.7. The van der Waals surface area contributed by atoms with Gasteiger partial charge in [0.05, 0.1) is 11.4 Å². The molecule has 0 aliphatic heterocycles. The fourth-order valence-electron chi connectivity index (χ4n) is 1.61. The standard InChI is InChI=1S/C13H12ClNO3S/c14-10-3-6-13(16)12(7-10)15-11-4-1-9(2-5-11)8-19(17)18/h1-7,15-16,19H,8H2. The number of hydrogen-bond donors (Lipinski definition) is 3. The molecule has 0 radical (unpaired) electrons. The molecule has 2 aromatic rings. The average molecular weight is 298 g/mol. The second-order valence-corrected chi connectivity index (χ2v) is 5.39. The maximum Gasteiger partial charge on any atom is 0.144 e. The molecule has 0 bridgehead atoms. The molecular weight excluding hydrogens is 286 g/mol. The van der Waals surface area contributed by atoms with Crippen LogP contribution in [0.25, 0.3) is 0 Å². The molecule has 0 unspecified atom stereocenters. The van der Waals surface area contributed by atoms with Crippen LogP contribution in [-0.4, -0.2) is 13.5 Å². The van der Waals surface area contributed by atoms with Gasteiger partial charge in [-0.1, -0.05) is 23.7 Å². The Bertz CT molecular complexity index is 645. The number of nitrogens with one attached hydrogen (secondary N) is 1. The van der Waals surface area contributed by atoms with E-state index in [2.05, 4.69) is 5.32 Å². The molecule has 0 spiro atoms. The van der Waals surface area contributed by atoms with Crippen molar-refractivity contribution in [2.45, 2.75) is 5.75 Å². The van der Waals surface area contributed by atoms with E-state index < -0.39 is 10.7 Å². The molecule has 0 heterocycles. The summed E-state index contributed by atoms with van der Waals surface area (Å²) in [6.45, 7) is 0. The molecule has 19 heavy (non-hydrogen) atoms. The van der Waals surface area contributed by atoms with Gasteiger partial charge in [-0.2, -0.15) is 0 Å². The van der Waals surface area contributed by atoms with Crippen molar-refractivity contribution in [3.05, 3.63) is 53.1 Å². The molecule has 0 saturated carbocycles. The second kappa shape index (κ2) is 5.95. The van der Waals surface area contributed by atoms with Crippen LogP contribution < -0.4 is 5.32 Å². The van der Waals surface area contributed by atoms with Crippen LogP contribution in [-0.2, 0) is 16.5 Å². The van der Waals surface area contributed by atoms with Gasteiger partial charge in [-0.25, -0.2) is 8.42 Å². The molecule has 0 saturated heterocycles. The van der Waals surface area contributed by atoms with E-state index in [-0.39, 0.29) is 11.5 Å². The number of halogens is 1. The minimum atomic E-state index is -2.42. The Hall–Kier alpha value is -1.72. The number of phenolic OH excluding ortho intramolecular Hbond substituents is 1. The monoisotopic (exact) mass is 297 g/mol. The third kappa shape index (κ3) is 3.87. The predicted molar refractivity (Wildman–Crippen MR) is 76.9 cm³/mol. The Morgan fingerprint density at radius 1 is 1.11 bits per heavy atom. The first-order valence-corrected chi connectivity index (χ1v) is 7.25. The summed E-state index contributed by atoms with van der Waals surface area (Å²) in [7, 11) is -2.42. The van der Waals surface area contributed by atoms with Gasteiger partial charge in [0.1, 0.15) is 16.5 Å². The van der Waals surface area contributed by atoms with Crippen molar-refractivity contribution in [3.63, 3.8) is 0 Å². The maximum atomic E-state index is 10.6. The Balaban J connectivity index is 2.17. The van der Waals surface area contributed by atoms with E-state index in [0.717, 1.165) is 11.3 Å². The number of rotatable bonds is 4. The summed E-state index contributed by atoms with van der Waals surface area (Å²) < 4.78 is 21.2. The number of thiol groups is 1. The van der Waals surface area contributed by atoms with Gasteiger partial charge in [0, 0.05) is 10.7 Å². The third-order valence-corrected chi connectivity index (χ3v) is 3.36. The van der Waals surface area contributed by atoms with E-state index in [1.165, 1.54) is 6.07 Å². The summed E-state index contributed by atoms with van der Waals surface area (Å²) >= 11 is 5.85. The molecule has 0 aliphatic rings. The van der Waals surface area contributed by atoms with Crippen molar-refractivity contribution in [2.24, 2.45) is 0 Å². The molecule has 0 fully saturated rings. The molecule has 6 heteroatoms. The largest absolute Gasteiger partial charge is 0.506 e. The maximum absolute atomic E-state index is 10.6. The first-order chi connectivity index (χ1) is 9.04. The van der Waals surface area contributed by atoms with Gasteiger partial charge in [0.2, 0.25) is 0 Å². The van der Waals surface area contributed by atoms with Crippen molar-refractivity contribution in [2.75, 3.05) is 5.32 Å². The van der Waals surface area contributed by atoms with Crippen LogP contribution >= 0.6 is 11.6 Å². The van der Waals surface area contributed by atoms with Crippen LogP contribution in [0.5, 0.6) is 5.75 Å². The van der Waals surface area contributed by atoms with Crippen LogP contribution in [0.1, 0.15) is 5.56 Å². The molecular formula is C13H12ClNO3S. The van der Waals surface area contributed by atoms with Crippen LogP contribution in [0.4, 0.5) is 11.4 Å². The van der Waals surface area contributed by atoms with Gasteiger partial charge >= 0.3 is 0 Å². The minimum Gasteiger partial charge on any atom is -0.506 e. The molecule has 2 N–H and O–H groups in total. The number of hydrogen-bond acceptors (Lipinski definition) is 4. The molecule has 0 atom stereocenters. The van der Waals surface area contributed by atoms with E-state index in [1.807, 2.05) is 0 Å². The molecule has 0 aromatic heterocycles. The highest BCUT2D eigenvalue weighted by atomic mass is 35.5. The average Bonchev–Trinajstić information content (AvgIpc) is 2.35. The summed E-state index contributed by atoms with van der Waals surface area (Å²) in [5.74, 6) is 0.119. The van der Waals surface area contributed by atoms with E-state index in [9.17, 15) is 13.5 Å². The highest BCUT2D eigenvalue weighted by Gasteiger charge is 2.03. The van der Waals surface area contributed by atoms with E-state index >= 15 is 0 Å². The normalized spacial score (nSPS) is 10.6. The van der Waals surface area contributed by atoms with Crippen molar-refractivity contribution in [3.8, 4) is 5.75 Å². The summed E-state index contributed by atoms with van der Waals surface area (Å²) in [4.78, 5) is 0. The Morgan fingerprint density at radius 3 is 2.42 bits per heavy atom. The lowest BCUT2D eigenvalue weighted by Crippen LogP contribution is -1.92. The molecule has 0 aliphatic carbocycles. The molecule has 2 rings (SSSR count). The van der Waals surface area contributed by atoms with Crippen molar-refractivity contribution < 1.29 is 13.5 Å². The molecule has 4 nitrogen and oxygen atoms in total. The van der Waals surface area contributed by atoms with Gasteiger partial charge in [0.25, 0.3) is 0 Å². The SMILES string of the molecule is O=[SH](=O)Cc1ccc(Nc2cc(Cl)ccc2O)cc1. The van der Waals surface area contributed by atoms with Crippen molar-refractivity contribution >= 4 is 33.7 Å². The fraction of sp³-hybridized carbons (Fsp3) is 0.0769. The topological polar surface area (TPSA) is 66.4 Å². The van der Waals surface area contributed by atoms with Crippen LogP contribution in [0.15, 0.2) is 42.5 Å². The highest BCUT2D eigenvalue weighted by Crippen LogP contribution is 2.29. The number of anilines is 2. The Morgan fingerprint density at radius 2 is 1.79 bits per heavy atom. The molecule has 100 valence electrons. The lowest BCUT2D eigenvalue weighted by Gasteiger charge is -2.09. The number of aromatic hydroxyl groups is 1. The van der Waals surface area contributed by atoms with E-state index in [0.29, 0.717) is 10.7 Å². The van der Waals surface area contributed by atoms with Crippen LogP contribution in [0.2, 0.25) is 5.02 Å². The lowest BCUT2D eigenvalue weighted by molar-refractivity contribution is 0.478. The van der Waals surface area contributed by atoms with Gasteiger partial charge in [0.15, 0.2) is 0 Å². The summed E-state index contributed by atoms with van der Waals surface area (Å²) in [6.07, 6.45) is 0. The second-order valence-electron chi connectivity index (χ2n) is 3.97. The summed E-state index contributed by atoms with van der Waals surface area (Å²) in [5, 5.41) is 13.2. The molecule has 0 amide bonds. The lowest BCUT2D eigenvalue weighted by atomic mass is 10.2. The zero-order valence-corrected chi connectivity index (χ0v) is 11.5. The number of phenols is 1. The third-order valence-electron chi connectivity index (χ3n) is 2.50. The predicted octanol–water partition coefficient (Wildman–Crippen LogP) is 2.90. The first-order valence-electron chi connectivity index (χ1n) is 5.51. The zero-order valence-electron chi connectivity index (χ0n) is 9.84. The Kier molecular flexibility index (Phi) is 4.29. The van der Waals surface area contributed by atoms with E-state index in [1.54, 1.807) is 36.4 Å². The summed E-state index contributed by atoms with van der Waals surface area (Å²) in [5.41, 5.74) is 1.95. The van der Waals surface area contributed by atoms with E-state index in [4.69, 9.17) is 11.6 Å². The van der Waals surface area contributed by atoms with Gasteiger partial charge in [-0.05, 0) is 35.9 Å². The van der Waals surface area contributed by atoms with Crippen molar-refractivity contribution in [1.82, 2.24) is 0 Å². The highest BCUT2D eigenvalue weighted by molar-refractivity contribution is 7.71.